The highest BCUT2D eigenvalue weighted by molar-refractivity contribution is 6.07. The summed E-state index contributed by atoms with van der Waals surface area (Å²) in [6.45, 7) is 1.94. The predicted octanol–water partition coefficient (Wildman–Crippen LogP) is 4.49. The molecule has 0 aromatic heterocycles. The second-order valence-electron chi connectivity index (χ2n) is 6.20. The Balaban J connectivity index is 1.68. The van der Waals surface area contributed by atoms with E-state index < -0.39 is 17.6 Å². The Morgan fingerprint density at radius 1 is 0.800 bits per heavy atom. The molecule has 2 amide bonds. The van der Waals surface area contributed by atoms with Gasteiger partial charge >= 0.3 is 0 Å². The lowest BCUT2D eigenvalue weighted by atomic mass is 10.1. The number of halogens is 1. The molecule has 0 aliphatic heterocycles. The van der Waals surface area contributed by atoms with Gasteiger partial charge in [-0.25, -0.2) is 4.39 Å². The van der Waals surface area contributed by atoms with Gasteiger partial charge in [-0.1, -0.05) is 36.4 Å². The number of ether oxygens (including phenoxy) is 2. The second kappa shape index (κ2) is 10.1. The number of hydrogen-bond acceptors (Lipinski definition) is 4. The van der Waals surface area contributed by atoms with Crippen LogP contribution in [0, 0.1) is 5.82 Å². The molecule has 0 heterocycles. The summed E-state index contributed by atoms with van der Waals surface area (Å²) in [7, 11) is 0. The maximum atomic E-state index is 13.7. The zero-order chi connectivity index (χ0) is 21.3. The predicted molar refractivity (Wildman–Crippen MR) is 113 cm³/mol. The molecule has 0 unspecified atom stereocenters. The first-order chi connectivity index (χ1) is 14.6. The van der Waals surface area contributed by atoms with Gasteiger partial charge in [-0.2, -0.15) is 0 Å². The number of para-hydroxylation sites is 4. The van der Waals surface area contributed by atoms with Crippen molar-refractivity contribution in [2.75, 3.05) is 23.8 Å². The molecule has 0 radical (unpaired) electrons. The average molecular weight is 408 g/mol. The summed E-state index contributed by atoms with van der Waals surface area (Å²) in [6.07, 6.45) is 0. The lowest BCUT2D eigenvalue weighted by molar-refractivity contribution is -0.118. The van der Waals surface area contributed by atoms with Crippen molar-refractivity contribution in [3.05, 3.63) is 84.2 Å². The van der Waals surface area contributed by atoms with Crippen molar-refractivity contribution in [1.29, 1.82) is 0 Å². The Morgan fingerprint density at radius 3 is 2.17 bits per heavy atom. The third-order valence-electron chi connectivity index (χ3n) is 4.07. The molecule has 7 heteroatoms. The zero-order valence-electron chi connectivity index (χ0n) is 16.4. The number of amides is 2. The van der Waals surface area contributed by atoms with E-state index >= 15 is 0 Å². The highest BCUT2D eigenvalue weighted by atomic mass is 19.1. The van der Waals surface area contributed by atoms with Crippen molar-refractivity contribution >= 4 is 23.2 Å². The van der Waals surface area contributed by atoms with Crippen LogP contribution in [0.1, 0.15) is 17.3 Å². The van der Waals surface area contributed by atoms with Gasteiger partial charge in [-0.05, 0) is 43.3 Å². The quantitative estimate of drug-likeness (QED) is 0.576. The molecule has 0 spiro atoms. The van der Waals surface area contributed by atoms with Crippen LogP contribution in [-0.2, 0) is 4.79 Å². The number of benzene rings is 3. The van der Waals surface area contributed by atoms with Gasteiger partial charge in [0, 0.05) is 0 Å². The van der Waals surface area contributed by atoms with E-state index in [1.165, 1.54) is 18.2 Å². The number of carbonyl (C=O) groups is 2. The number of rotatable bonds is 8. The summed E-state index contributed by atoms with van der Waals surface area (Å²) >= 11 is 0. The van der Waals surface area contributed by atoms with Crippen LogP contribution < -0.4 is 20.1 Å². The van der Waals surface area contributed by atoms with Crippen LogP contribution in [0.25, 0.3) is 0 Å². The normalized spacial score (nSPS) is 10.2. The van der Waals surface area contributed by atoms with E-state index in [0.29, 0.717) is 18.0 Å². The minimum atomic E-state index is -0.544. The number of hydrogen-bond donors (Lipinski definition) is 2. The molecule has 0 aliphatic rings. The van der Waals surface area contributed by atoms with Crippen LogP contribution in [-0.4, -0.2) is 25.0 Å². The van der Waals surface area contributed by atoms with Gasteiger partial charge in [-0.15, -0.1) is 0 Å². The highest BCUT2D eigenvalue weighted by Gasteiger charge is 2.16. The summed E-state index contributed by atoms with van der Waals surface area (Å²) in [5.74, 6) is -0.716. The molecule has 0 aliphatic carbocycles. The van der Waals surface area contributed by atoms with Gasteiger partial charge in [0.1, 0.15) is 17.3 Å². The maximum Gasteiger partial charge on any atom is 0.262 e. The third-order valence-corrected chi connectivity index (χ3v) is 4.07. The van der Waals surface area contributed by atoms with Crippen LogP contribution in [0.4, 0.5) is 15.8 Å². The van der Waals surface area contributed by atoms with Gasteiger partial charge in [0.15, 0.2) is 6.61 Å². The van der Waals surface area contributed by atoms with Crippen LogP contribution in [0.15, 0.2) is 72.8 Å². The molecule has 6 nitrogen and oxygen atoms in total. The highest BCUT2D eigenvalue weighted by Crippen LogP contribution is 2.26. The summed E-state index contributed by atoms with van der Waals surface area (Å²) in [5, 5.41) is 5.23. The molecule has 0 fully saturated rings. The Labute approximate surface area is 173 Å². The standard InChI is InChI=1S/C23H21FN2O4/c1-2-29-21-14-8-6-12-19(21)26-23(28)16-9-3-7-13-20(16)30-15-22(27)25-18-11-5-4-10-17(18)24/h3-14H,2,15H2,1H3,(H,25,27)(H,26,28). The lowest BCUT2D eigenvalue weighted by Crippen LogP contribution is -2.22. The van der Waals surface area contributed by atoms with Crippen molar-refractivity contribution in [2.24, 2.45) is 0 Å². The Hall–Kier alpha value is -3.87. The Morgan fingerprint density at radius 2 is 1.43 bits per heavy atom. The molecule has 3 aromatic rings. The zero-order valence-corrected chi connectivity index (χ0v) is 16.4. The number of carbonyl (C=O) groups excluding carboxylic acids is 2. The minimum Gasteiger partial charge on any atom is -0.492 e. The first-order valence-electron chi connectivity index (χ1n) is 9.38. The van der Waals surface area contributed by atoms with Gasteiger partial charge < -0.3 is 20.1 Å². The van der Waals surface area contributed by atoms with E-state index in [9.17, 15) is 14.0 Å². The molecule has 2 N–H and O–H groups in total. The molecule has 0 bridgehead atoms. The molecule has 30 heavy (non-hydrogen) atoms. The third kappa shape index (κ3) is 5.35. The van der Waals surface area contributed by atoms with Crippen LogP contribution in [0.3, 0.4) is 0 Å². The lowest BCUT2D eigenvalue weighted by Gasteiger charge is -2.14. The van der Waals surface area contributed by atoms with E-state index in [-0.39, 0.29) is 23.6 Å². The van der Waals surface area contributed by atoms with Crippen LogP contribution >= 0.6 is 0 Å². The molecular weight excluding hydrogens is 387 g/mol. The summed E-state index contributed by atoms with van der Waals surface area (Å²) < 4.78 is 24.7. The van der Waals surface area contributed by atoms with Gasteiger partial charge in [0.2, 0.25) is 0 Å². The molecule has 0 atom stereocenters. The smallest absolute Gasteiger partial charge is 0.262 e. The summed E-state index contributed by atoms with van der Waals surface area (Å²) in [5.41, 5.74) is 0.837. The second-order valence-corrected chi connectivity index (χ2v) is 6.20. The van der Waals surface area contributed by atoms with Gasteiger partial charge in [-0.3, -0.25) is 9.59 Å². The van der Waals surface area contributed by atoms with Crippen molar-refractivity contribution in [1.82, 2.24) is 0 Å². The average Bonchev–Trinajstić information content (AvgIpc) is 2.75. The van der Waals surface area contributed by atoms with E-state index in [2.05, 4.69) is 10.6 Å². The fourth-order valence-corrected chi connectivity index (χ4v) is 2.71. The monoisotopic (exact) mass is 408 g/mol. The van der Waals surface area contributed by atoms with Crippen LogP contribution in [0.5, 0.6) is 11.5 Å². The van der Waals surface area contributed by atoms with E-state index in [1.54, 1.807) is 48.5 Å². The van der Waals surface area contributed by atoms with E-state index in [1.807, 2.05) is 13.0 Å². The maximum absolute atomic E-state index is 13.7. The van der Waals surface area contributed by atoms with E-state index in [4.69, 9.17) is 9.47 Å². The Kier molecular flexibility index (Phi) is 7.00. The fourth-order valence-electron chi connectivity index (χ4n) is 2.71. The molecule has 154 valence electrons. The number of anilines is 2. The van der Waals surface area contributed by atoms with Gasteiger partial charge in [0.25, 0.3) is 11.8 Å². The Bertz CT molecular complexity index is 1040. The first-order valence-corrected chi connectivity index (χ1v) is 9.38. The molecule has 0 saturated carbocycles. The van der Waals surface area contributed by atoms with Crippen molar-refractivity contribution < 1.29 is 23.5 Å². The SMILES string of the molecule is CCOc1ccccc1NC(=O)c1ccccc1OCC(=O)Nc1ccccc1F. The molecular formula is C23H21FN2O4. The van der Waals surface area contributed by atoms with E-state index in [0.717, 1.165) is 0 Å². The topological polar surface area (TPSA) is 76.7 Å². The van der Waals surface area contributed by atoms with Crippen LogP contribution in [0.2, 0.25) is 0 Å². The number of nitrogens with one attached hydrogen (secondary N) is 2. The van der Waals surface area contributed by atoms with Crippen molar-refractivity contribution in [2.45, 2.75) is 6.92 Å². The largest absolute Gasteiger partial charge is 0.492 e. The molecule has 3 rings (SSSR count). The molecule has 3 aromatic carbocycles. The minimum absolute atomic E-state index is 0.0599. The fraction of sp³-hybridized carbons (Fsp3) is 0.130. The first kappa shape index (κ1) is 20.9. The van der Waals surface area contributed by atoms with Crippen molar-refractivity contribution in [3.63, 3.8) is 0 Å². The van der Waals surface area contributed by atoms with Crippen molar-refractivity contribution in [3.8, 4) is 11.5 Å². The molecule has 0 saturated heterocycles. The summed E-state index contributed by atoms with van der Waals surface area (Å²) in [4.78, 5) is 24.9. The van der Waals surface area contributed by atoms with Gasteiger partial charge in [0.05, 0.1) is 23.5 Å². The summed E-state index contributed by atoms with van der Waals surface area (Å²) in [6, 6.07) is 19.5.